The van der Waals surface area contributed by atoms with Crippen LogP contribution in [-0.4, -0.2) is 17.1 Å². The minimum absolute atomic E-state index is 0.865. The number of methoxy groups -OCH3 is 1. The molecule has 37 heavy (non-hydrogen) atoms. The van der Waals surface area contributed by atoms with Crippen LogP contribution < -0.4 is 4.74 Å². The average molecular weight is 610 g/mol. The van der Waals surface area contributed by atoms with Crippen LogP contribution in [0.15, 0.2) is 93.9 Å². The number of aromatic amines is 2. The number of hydrogen-bond donors (Lipinski definition) is 2. The number of aryl methyl sites for hydroxylation is 1. The molecule has 0 spiro atoms. The van der Waals surface area contributed by atoms with Crippen molar-refractivity contribution in [2.24, 2.45) is 0 Å². The third-order valence-electron chi connectivity index (χ3n) is 7.35. The van der Waals surface area contributed by atoms with Crippen LogP contribution in [0, 0.1) is 6.92 Å². The van der Waals surface area contributed by atoms with Gasteiger partial charge in [-0.1, -0.05) is 80.4 Å². The van der Waals surface area contributed by atoms with Gasteiger partial charge in [0.1, 0.15) is 5.75 Å². The van der Waals surface area contributed by atoms with Crippen LogP contribution in [-0.2, 0) is 0 Å². The number of benzene rings is 5. The predicted molar refractivity (Wildman–Crippen MR) is 163 cm³/mol. The van der Waals surface area contributed by atoms with E-state index in [1.807, 2.05) is 0 Å². The molecule has 2 heterocycles. The highest BCUT2D eigenvalue weighted by atomic mass is 79.9. The van der Waals surface area contributed by atoms with E-state index >= 15 is 0 Å². The quantitative estimate of drug-likeness (QED) is 0.205. The zero-order chi connectivity index (χ0) is 25.3. The first-order valence-electron chi connectivity index (χ1n) is 12.1. The van der Waals surface area contributed by atoms with E-state index in [4.69, 9.17) is 4.74 Å². The Kier molecular flexibility index (Phi) is 5.20. The van der Waals surface area contributed by atoms with Crippen LogP contribution in [0.3, 0.4) is 0 Å². The van der Waals surface area contributed by atoms with E-state index in [1.165, 1.54) is 21.9 Å². The molecule has 3 nitrogen and oxygen atoms in total. The van der Waals surface area contributed by atoms with Crippen LogP contribution in [0.25, 0.3) is 65.9 Å². The number of rotatable bonds is 3. The second-order valence-corrected chi connectivity index (χ2v) is 11.1. The topological polar surface area (TPSA) is 40.8 Å². The van der Waals surface area contributed by atoms with Gasteiger partial charge < -0.3 is 14.7 Å². The third kappa shape index (κ3) is 3.38. The minimum Gasteiger partial charge on any atom is -0.496 e. The molecule has 0 fully saturated rings. The number of H-pyrrole nitrogens is 2. The molecule has 5 heteroatoms. The molecule has 0 radical (unpaired) electrons. The molecule has 0 unspecified atom stereocenters. The van der Waals surface area contributed by atoms with Crippen molar-refractivity contribution in [2.45, 2.75) is 6.92 Å². The largest absolute Gasteiger partial charge is 0.496 e. The highest BCUT2D eigenvalue weighted by Gasteiger charge is 2.19. The average Bonchev–Trinajstić information content (AvgIpc) is 3.50. The lowest BCUT2D eigenvalue weighted by Gasteiger charge is -2.14. The van der Waals surface area contributed by atoms with Crippen LogP contribution in [0.4, 0.5) is 0 Å². The minimum atomic E-state index is 0.865. The Hall–Kier alpha value is -3.54. The van der Waals surface area contributed by atoms with Crippen LogP contribution >= 0.6 is 31.9 Å². The summed E-state index contributed by atoms with van der Waals surface area (Å²) in [5, 5.41) is 4.78. The monoisotopic (exact) mass is 608 g/mol. The number of aromatic nitrogens is 2. The van der Waals surface area contributed by atoms with Gasteiger partial charge in [0, 0.05) is 52.7 Å². The van der Waals surface area contributed by atoms with Crippen molar-refractivity contribution < 1.29 is 4.74 Å². The van der Waals surface area contributed by atoms with E-state index in [9.17, 15) is 0 Å². The van der Waals surface area contributed by atoms with E-state index in [-0.39, 0.29) is 0 Å². The molecule has 7 aromatic rings. The molecule has 0 saturated carbocycles. The molecule has 0 saturated heterocycles. The molecule has 0 bridgehead atoms. The van der Waals surface area contributed by atoms with E-state index in [1.54, 1.807) is 7.11 Å². The van der Waals surface area contributed by atoms with Crippen molar-refractivity contribution in [3.05, 3.63) is 99.4 Å². The fraction of sp³-hybridized carbons (Fsp3) is 0.0625. The van der Waals surface area contributed by atoms with Crippen molar-refractivity contribution in [1.29, 1.82) is 0 Å². The van der Waals surface area contributed by atoms with Gasteiger partial charge in [-0.3, -0.25) is 0 Å². The summed E-state index contributed by atoms with van der Waals surface area (Å²) < 4.78 is 7.81. The molecule has 2 N–H and O–H groups in total. The normalized spacial score (nSPS) is 11.8. The summed E-state index contributed by atoms with van der Waals surface area (Å²) in [5.74, 6) is 0.865. The van der Waals surface area contributed by atoms with E-state index in [2.05, 4.69) is 134 Å². The summed E-state index contributed by atoms with van der Waals surface area (Å²) in [4.78, 5) is 7.31. The van der Waals surface area contributed by atoms with Gasteiger partial charge in [-0.05, 0) is 60.0 Å². The van der Waals surface area contributed by atoms with Crippen molar-refractivity contribution in [1.82, 2.24) is 9.97 Å². The number of hydrogen-bond acceptors (Lipinski definition) is 1. The van der Waals surface area contributed by atoms with Gasteiger partial charge in [0.05, 0.1) is 18.1 Å². The molecule has 0 aliphatic heterocycles. The Morgan fingerprint density at radius 2 is 1.11 bits per heavy atom. The number of halogens is 2. The Bertz CT molecular complexity index is 2020. The first-order valence-corrected chi connectivity index (χ1v) is 13.7. The summed E-state index contributed by atoms with van der Waals surface area (Å²) in [6.45, 7) is 2.18. The highest BCUT2D eigenvalue weighted by Crippen LogP contribution is 2.45. The van der Waals surface area contributed by atoms with Crippen molar-refractivity contribution >= 4 is 75.5 Å². The van der Waals surface area contributed by atoms with E-state index in [0.29, 0.717) is 0 Å². The second kappa shape index (κ2) is 8.51. The molecular weight excluding hydrogens is 588 g/mol. The van der Waals surface area contributed by atoms with Crippen molar-refractivity contribution in [3.8, 4) is 28.0 Å². The molecule has 0 aliphatic rings. The standard InChI is InChI=1S/C32H22Br2N2O/c1-17-11-12-18(31-29(17)20-7-3-5-9-26(20)35-31)22-15-25(34)23(16-24(22)33)19-13-14-28(37-2)30-21-8-4-6-10-27(21)36-32(19)30/h3-16,35-36H,1-2H3. The van der Waals surface area contributed by atoms with Gasteiger partial charge >= 0.3 is 0 Å². The molecular formula is C32H22Br2N2O. The summed E-state index contributed by atoms with van der Waals surface area (Å²) in [7, 11) is 1.73. The highest BCUT2D eigenvalue weighted by molar-refractivity contribution is 9.11. The maximum absolute atomic E-state index is 5.75. The number of fused-ring (bicyclic) bond motifs is 6. The van der Waals surface area contributed by atoms with Gasteiger partial charge in [0.2, 0.25) is 0 Å². The van der Waals surface area contributed by atoms with Crippen LogP contribution in [0.2, 0.25) is 0 Å². The second-order valence-electron chi connectivity index (χ2n) is 9.40. The third-order valence-corrected chi connectivity index (χ3v) is 8.66. The molecule has 0 atom stereocenters. The first-order chi connectivity index (χ1) is 18.0. The number of ether oxygens (including phenoxy) is 1. The molecule has 180 valence electrons. The maximum atomic E-state index is 5.75. The summed E-state index contributed by atoms with van der Waals surface area (Å²) in [5.41, 5.74) is 10.3. The van der Waals surface area contributed by atoms with Gasteiger partial charge in [-0.2, -0.15) is 0 Å². The zero-order valence-corrected chi connectivity index (χ0v) is 23.4. The SMILES string of the molecule is COc1ccc(-c2cc(Br)c(-c3ccc(C)c4c3[nH]c3ccccc34)cc2Br)c2[nH]c3ccccc3c12. The smallest absolute Gasteiger partial charge is 0.128 e. The lowest BCUT2D eigenvalue weighted by Crippen LogP contribution is -1.90. The lowest BCUT2D eigenvalue weighted by atomic mass is 9.96. The zero-order valence-electron chi connectivity index (χ0n) is 20.2. The first kappa shape index (κ1) is 22.6. The predicted octanol–water partition coefficient (Wildman–Crippen LogP) is 10.1. The van der Waals surface area contributed by atoms with Gasteiger partial charge in [-0.25, -0.2) is 0 Å². The Morgan fingerprint density at radius 3 is 1.70 bits per heavy atom. The fourth-order valence-electron chi connectivity index (χ4n) is 5.63. The van der Waals surface area contributed by atoms with E-state index < -0.39 is 0 Å². The van der Waals surface area contributed by atoms with E-state index in [0.717, 1.165) is 64.2 Å². The van der Waals surface area contributed by atoms with Gasteiger partial charge in [-0.15, -0.1) is 0 Å². The maximum Gasteiger partial charge on any atom is 0.128 e. The summed E-state index contributed by atoms with van der Waals surface area (Å²) in [6, 6.07) is 29.9. The van der Waals surface area contributed by atoms with Crippen molar-refractivity contribution in [3.63, 3.8) is 0 Å². The molecule has 5 aromatic carbocycles. The van der Waals surface area contributed by atoms with Crippen molar-refractivity contribution in [2.75, 3.05) is 7.11 Å². The molecule has 0 amide bonds. The van der Waals surface area contributed by atoms with Crippen LogP contribution in [0.1, 0.15) is 5.56 Å². The Morgan fingerprint density at radius 1 is 0.595 bits per heavy atom. The fourth-order valence-corrected chi connectivity index (χ4v) is 6.75. The Balaban J connectivity index is 1.46. The Labute approximate surface area is 230 Å². The van der Waals surface area contributed by atoms with Gasteiger partial charge in [0.25, 0.3) is 0 Å². The molecule has 2 aromatic heterocycles. The molecule has 7 rings (SSSR count). The van der Waals surface area contributed by atoms with Gasteiger partial charge in [0.15, 0.2) is 0 Å². The molecule has 0 aliphatic carbocycles. The number of nitrogens with one attached hydrogen (secondary N) is 2. The summed E-state index contributed by atoms with van der Waals surface area (Å²) >= 11 is 7.84. The summed E-state index contributed by atoms with van der Waals surface area (Å²) in [6.07, 6.45) is 0. The van der Waals surface area contributed by atoms with Crippen LogP contribution in [0.5, 0.6) is 5.75 Å². The lowest BCUT2D eigenvalue weighted by molar-refractivity contribution is 0.420. The number of para-hydroxylation sites is 2.